The Kier molecular flexibility index (Phi) is 7.90. The van der Waals surface area contributed by atoms with Crippen LogP contribution in [0.1, 0.15) is 96.8 Å². The molecule has 2 spiro atoms. The Morgan fingerprint density at radius 1 is 1.00 bits per heavy atom. The first-order chi connectivity index (χ1) is 13.5. The van der Waals surface area contributed by atoms with Crippen LogP contribution in [0.15, 0.2) is 24.3 Å². The number of hydrogen-bond donors (Lipinski definition) is 1. The fourth-order valence-electron chi connectivity index (χ4n) is 4.86. The topological polar surface area (TPSA) is 55.8 Å². The SMILES string of the molecule is CCCCCCCCCCC[C@@H]1C[C@@H](O)C[C@@]2(CCC3(C=CC(=O)C=C3)O2)O1. The van der Waals surface area contributed by atoms with Gasteiger partial charge in [-0.1, -0.05) is 64.7 Å². The summed E-state index contributed by atoms with van der Waals surface area (Å²) in [4.78, 5) is 11.4. The second-order valence-electron chi connectivity index (χ2n) is 8.99. The zero-order valence-corrected chi connectivity index (χ0v) is 17.5. The van der Waals surface area contributed by atoms with Crippen LogP contribution in [0.3, 0.4) is 0 Å². The van der Waals surface area contributed by atoms with Crippen molar-refractivity contribution in [3.63, 3.8) is 0 Å². The highest BCUT2D eigenvalue weighted by molar-refractivity contribution is 6.00. The molecule has 1 N–H and O–H groups in total. The molecule has 0 radical (unpaired) electrons. The average molecular weight is 391 g/mol. The summed E-state index contributed by atoms with van der Waals surface area (Å²) in [6.07, 6.45) is 22.2. The summed E-state index contributed by atoms with van der Waals surface area (Å²) in [5, 5.41) is 10.4. The maximum atomic E-state index is 11.4. The number of aliphatic hydroxyl groups excluding tert-OH is 1. The van der Waals surface area contributed by atoms with Crippen molar-refractivity contribution >= 4 is 5.78 Å². The van der Waals surface area contributed by atoms with Crippen molar-refractivity contribution in [3.05, 3.63) is 24.3 Å². The zero-order valence-electron chi connectivity index (χ0n) is 17.5. The third-order valence-electron chi connectivity index (χ3n) is 6.42. The fraction of sp³-hybridized carbons (Fsp3) is 0.792. The van der Waals surface area contributed by atoms with Gasteiger partial charge in [-0.2, -0.15) is 0 Å². The fourth-order valence-corrected chi connectivity index (χ4v) is 4.86. The van der Waals surface area contributed by atoms with E-state index < -0.39 is 11.4 Å². The minimum atomic E-state index is -0.698. The number of carbonyl (C=O) groups is 1. The van der Waals surface area contributed by atoms with Crippen LogP contribution in [0, 0.1) is 0 Å². The van der Waals surface area contributed by atoms with Crippen molar-refractivity contribution < 1.29 is 19.4 Å². The van der Waals surface area contributed by atoms with Gasteiger partial charge >= 0.3 is 0 Å². The van der Waals surface area contributed by atoms with E-state index in [1.165, 1.54) is 51.4 Å². The highest BCUT2D eigenvalue weighted by Crippen LogP contribution is 2.47. The summed E-state index contributed by atoms with van der Waals surface area (Å²) in [7, 11) is 0. The predicted octanol–water partition coefficient (Wildman–Crippen LogP) is 5.39. The lowest BCUT2D eigenvalue weighted by molar-refractivity contribution is -0.292. The number of allylic oxidation sites excluding steroid dienone is 2. The highest BCUT2D eigenvalue weighted by atomic mass is 16.7. The van der Waals surface area contributed by atoms with Gasteiger partial charge in [-0.05, 0) is 43.6 Å². The number of ether oxygens (including phenoxy) is 2. The second kappa shape index (κ2) is 10.2. The Hall–Kier alpha value is -0.970. The summed E-state index contributed by atoms with van der Waals surface area (Å²) in [5.74, 6) is -0.695. The van der Waals surface area contributed by atoms with E-state index >= 15 is 0 Å². The molecule has 0 aromatic rings. The molecule has 4 nitrogen and oxygen atoms in total. The first-order valence-electron chi connectivity index (χ1n) is 11.5. The molecule has 0 amide bonds. The lowest BCUT2D eigenvalue weighted by Crippen LogP contribution is -2.47. The molecule has 0 saturated carbocycles. The zero-order chi connectivity index (χ0) is 19.9. The first-order valence-corrected chi connectivity index (χ1v) is 11.5. The molecular formula is C24H38O4. The summed E-state index contributed by atoms with van der Waals surface area (Å²) in [5.41, 5.74) is -0.534. The molecule has 2 aliphatic heterocycles. The van der Waals surface area contributed by atoms with Gasteiger partial charge in [-0.3, -0.25) is 4.79 Å². The van der Waals surface area contributed by atoms with E-state index in [9.17, 15) is 9.90 Å². The second-order valence-corrected chi connectivity index (χ2v) is 8.99. The number of aliphatic hydroxyl groups is 1. The van der Waals surface area contributed by atoms with Crippen molar-refractivity contribution in [2.24, 2.45) is 0 Å². The van der Waals surface area contributed by atoms with Gasteiger partial charge in [-0.25, -0.2) is 0 Å². The van der Waals surface area contributed by atoms with Gasteiger partial charge in [0.05, 0.1) is 12.2 Å². The quantitative estimate of drug-likeness (QED) is 0.508. The van der Waals surface area contributed by atoms with Crippen molar-refractivity contribution in [2.75, 3.05) is 0 Å². The molecule has 0 aromatic heterocycles. The summed E-state index contributed by atoms with van der Waals surface area (Å²) in [6, 6.07) is 0. The maximum Gasteiger partial charge on any atom is 0.178 e. The van der Waals surface area contributed by atoms with Crippen molar-refractivity contribution in [1.82, 2.24) is 0 Å². The molecule has 158 valence electrons. The predicted molar refractivity (Wildman–Crippen MR) is 111 cm³/mol. The Morgan fingerprint density at radius 2 is 1.64 bits per heavy atom. The van der Waals surface area contributed by atoms with E-state index in [-0.39, 0.29) is 18.0 Å². The van der Waals surface area contributed by atoms with E-state index in [4.69, 9.17) is 9.47 Å². The molecule has 0 aromatic carbocycles. The Balaban J connectivity index is 1.39. The van der Waals surface area contributed by atoms with Crippen LogP contribution in [-0.4, -0.2) is 34.5 Å². The molecule has 2 saturated heterocycles. The van der Waals surface area contributed by atoms with Gasteiger partial charge in [0.2, 0.25) is 0 Å². The minimum Gasteiger partial charge on any atom is -0.393 e. The number of hydrogen-bond acceptors (Lipinski definition) is 4. The molecule has 0 bridgehead atoms. The van der Waals surface area contributed by atoms with Gasteiger partial charge in [0.15, 0.2) is 11.6 Å². The largest absolute Gasteiger partial charge is 0.393 e. The third kappa shape index (κ3) is 6.01. The first kappa shape index (κ1) is 21.7. The smallest absolute Gasteiger partial charge is 0.178 e. The summed E-state index contributed by atoms with van der Waals surface area (Å²) < 4.78 is 12.7. The molecular weight excluding hydrogens is 352 g/mol. The van der Waals surface area contributed by atoms with E-state index in [0.29, 0.717) is 12.8 Å². The van der Waals surface area contributed by atoms with E-state index in [1.807, 2.05) is 12.2 Å². The van der Waals surface area contributed by atoms with Crippen molar-refractivity contribution in [1.29, 1.82) is 0 Å². The summed E-state index contributed by atoms with van der Waals surface area (Å²) in [6.45, 7) is 2.26. The number of ketones is 1. The van der Waals surface area contributed by atoms with Gasteiger partial charge < -0.3 is 14.6 Å². The molecule has 3 aliphatic rings. The normalized spacial score (nSPS) is 31.3. The molecule has 2 fully saturated rings. The number of carbonyl (C=O) groups excluding carboxylic acids is 1. The van der Waals surface area contributed by atoms with Crippen LogP contribution in [0.4, 0.5) is 0 Å². The lowest BCUT2D eigenvalue weighted by Gasteiger charge is -2.42. The van der Waals surface area contributed by atoms with E-state index in [0.717, 1.165) is 25.7 Å². The van der Waals surface area contributed by atoms with Gasteiger partial charge in [0, 0.05) is 12.8 Å². The molecule has 3 rings (SSSR count). The molecule has 0 unspecified atom stereocenters. The summed E-state index contributed by atoms with van der Waals surface area (Å²) >= 11 is 0. The minimum absolute atomic E-state index is 0.00279. The van der Waals surface area contributed by atoms with Crippen LogP contribution >= 0.6 is 0 Å². The molecule has 2 heterocycles. The number of rotatable bonds is 10. The van der Waals surface area contributed by atoms with E-state index in [2.05, 4.69) is 6.92 Å². The van der Waals surface area contributed by atoms with Crippen LogP contribution in [0.25, 0.3) is 0 Å². The monoisotopic (exact) mass is 390 g/mol. The molecule has 4 heteroatoms. The van der Waals surface area contributed by atoms with Crippen LogP contribution in [0.5, 0.6) is 0 Å². The maximum absolute atomic E-state index is 11.4. The van der Waals surface area contributed by atoms with Crippen LogP contribution in [-0.2, 0) is 14.3 Å². The van der Waals surface area contributed by atoms with Crippen LogP contribution in [0.2, 0.25) is 0 Å². The number of unbranched alkanes of at least 4 members (excludes halogenated alkanes) is 8. The molecule has 28 heavy (non-hydrogen) atoms. The molecule has 1 aliphatic carbocycles. The lowest BCUT2D eigenvalue weighted by atomic mass is 9.91. The van der Waals surface area contributed by atoms with E-state index in [1.54, 1.807) is 12.2 Å². The van der Waals surface area contributed by atoms with Crippen LogP contribution < -0.4 is 0 Å². The average Bonchev–Trinajstić information content (AvgIpc) is 3.00. The Morgan fingerprint density at radius 3 is 2.32 bits per heavy atom. The van der Waals surface area contributed by atoms with Gasteiger partial charge in [-0.15, -0.1) is 0 Å². The Bertz CT molecular complexity index is 551. The Labute approximate surface area is 170 Å². The standard InChI is InChI=1S/C24H38O4/c1-2-3-4-5-6-7-8-9-10-11-22-18-21(26)19-24(27-22)17-16-23(28-24)14-12-20(25)13-15-23/h12-15,21-22,26H,2-11,16-19H2,1H3/t21-,22-,24+/m1/s1. The van der Waals surface area contributed by atoms with Crippen molar-refractivity contribution in [2.45, 2.75) is 120 Å². The van der Waals surface area contributed by atoms with Gasteiger partial charge in [0.1, 0.15) is 5.60 Å². The van der Waals surface area contributed by atoms with Crippen molar-refractivity contribution in [3.8, 4) is 0 Å². The third-order valence-corrected chi connectivity index (χ3v) is 6.42. The molecule has 3 atom stereocenters. The highest BCUT2D eigenvalue weighted by Gasteiger charge is 2.52. The van der Waals surface area contributed by atoms with Gasteiger partial charge in [0.25, 0.3) is 0 Å².